The van der Waals surface area contributed by atoms with Gasteiger partial charge in [0.15, 0.2) is 53.2 Å². The summed E-state index contributed by atoms with van der Waals surface area (Å²) in [5.41, 5.74) is 12.2. The molecule has 34 nitrogen and oxygen atoms in total. The van der Waals surface area contributed by atoms with E-state index in [0.29, 0.717) is 24.1 Å². The Hall–Kier alpha value is -7.77. The third-order valence-electron chi connectivity index (χ3n) is 14.8. The van der Waals surface area contributed by atoms with Crippen molar-refractivity contribution in [1.82, 2.24) is 64.8 Å². The molecule has 9 rings (SSSR count). The zero-order valence-electron chi connectivity index (χ0n) is 49.2. The fourth-order valence-electron chi connectivity index (χ4n) is 10.0. The molecule has 40 heteroatoms. The number of nitrogens with two attached hydrogens (primary N) is 2. The number of carbonyl (C=O) groups is 8. The number of halogens is 2. The van der Waals surface area contributed by atoms with Crippen LogP contribution in [0, 0.1) is 5.92 Å². The molecule has 4 aliphatic rings. The van der Waals surface area contributed by atoms with E-state index in [9.17, 15) is 47.8 Å². The first kappa shape index (κ1) is 68.6. The molecule has 0 radical (unpaired) electrons. The summed E-state index contributed by atoms with van der Waals surface area (Å²) in [6.45, 7) is -7.13. The number of imidazole rings is 2. The standard InChI is InChI=1S/C52H65F2N17O17P2S2/c1-26(2)38(66-33(73)15-18-69-34(74)13-14-35(69)75)48(77)65-29(7-4-5-16-57-51(56)78)47(76)64-28-11-9-27(10-12-28)19-82-52(79)68(3)17-6-8-32(72)67-44-40-46(61-23-59-44)71(25-63-40)50-37(54)42-31(86-50)21-84-89(80,91)87-41-30(20-83-90(81,92)88-42)85-49(36(41)53)70-24-62-39-43(55)58-22-60-45(39)70/h9-14,22-26,29-31,36-38,41-42,49-50H,4-8,15-21H2,1-3H3,(H,64,76)(H,65,77)(H,66,73)(H,80,91)(H,81,92)(H2,55,58,60)(H3,56,57,78)(H,59,61,67,72)/t29-,30+,31+,36+,37+,38-,41+,42+,49+,50+,89?,90?/m0/s1. The number of nitrogens with zero attached hydrogens (tertiary/aromatic N) is 10. The van der Waals surface area contributed by atoms with Gasteiger partial charge in [0.1, 0.15) is 61.3 Å². The van der Waals surface area contributed by atoms with Gasteiger partial charge in [-0.2, -0.15) is 0 Å². The van der Waals surface area contributed by atoms with E-state index in [0.717, 1.165) is 40.6 Å². The van der Waals surface area contributed by atoms with Gasteiger partial charge in [0.2, 0.25) is 23.6 Å². The van der Waals surface area contributed by atoms with Gasteiger partial charge in [-0.3, -0.25) is 56.4 Å². The molecule has 2 unspecified atom stereocenters. The lowest BCUT2D eigenvalue weighted by atomic mass is 10.0. The van der Waals surface area contributed by atoms with Gasteiger partial charge in [0.25, 0.3) is 11.8 Å². The Kier molecular flexibility index (Phi) is 22.3. The highest BCUT2D eigenvalue weighted by molar-refractivity contribution is 8.44. The van der Waals surface area contributed by atoms with Crippen molar-refractivity contribution in [2.45, 2.75) is 120 Å². The molecule has 92 heavy (non-hydrogen) atoms. The number of unbranched alkanes of at least 4 members (excludes halogenated alkanes) is 1. The minimum atomic E-state index is -4.56. The molecule has 8 heterocycles. The summed E-state index contributed by atoms with van der Waals surface area (Å²) in [5, 5.41) is 13.2. The van der Waals surface area contributed by atoms with Gasteiger partial charge in [-0.25, -0.2) is 52.8 Å². The lowest BCUT2D eigenvalue weighted by molar-refractivity contribution is -0.137. The number of urea groups is 1. The molecule has 9 amide bonds. The summed E-state index contributed by atoms with van der Waals surface area (Å²) in [5.74, 6) is -4.00. The number of imide groups is 1. The summed E-state index contributed by atoms with van der Waals surface area (Å²) < 4.78 is 88.9. The van der Waals surface area contributed by atoms with Crippen LogP contribution >= 0.6 is 25.8 Å². The molecule has 496 valence electrons. The molecule has 3 saturated heterocycles. The van der Waals surface area contributed by atoms with Crippen molar-refractivity contribution in [2.24, 2.45) is 11.7 Å². The number of ether oxygens (including phenoxy) is 3. The lowest BCUT2D eigenvalue weighted by Gasteiger charge is -2.29. The van der Waals surface area contributed by atoms with E-state index in [4.69, 9.17) is 55.6 Å². The minimum Gasteiger partial charge on any atom is -0.445 e. The molecule has 12 atom stereocenters. The van der Waals surface area contributed by atoms with E-state index in [-0.39, 0.29) is 85.9 Å². The maximum Gasteiger partial charge on any atom is 0.409 e. The summed E-state index contributed by atoms with van der Waals surface area (Å²) in [6.07, 6.45) is -7.05. The Morgan fingerprint density at radius 3 is 2.09 bits per heavy atom. The third kappa shape index (κ3) is 16.9. The summed E-state index contributed by atoms with van der Waals surface area (Å²) in [7, 11) is 1.47. The molecule has 0 aliphatic carbocycles. The molecule has 1 aromatic carbocycles. The number of rotatable bonds is 23. The lowest BCUT2D eigenvalue weighted by Crippen LogP contribution is -2.54. The average Bonchev–Trinajstić information content (AvgIpc) is 1.63. The summed E-state index contributed by atoms with van der Waals surface area (Å²) in [4.78, 5) is 140. The number of amides is 9. The van der Waals surface area contributed by atoms with Gasteiger partial charge in [-0.1, -0.05) is 38.2 Å². The zero-order chi connectivity index (χ0) is 66.2. The van der Waals surface area contributed by atoms with E-state index < -0.39 is 142 Å². The van der Waals surface area contributed by atoms with Gasteiger partial charge in [-0.15, -0.1) is 0 Å². The number of thiol groups is 1. The van der Waals surface area contributed by atoms with Crippen LogP contribution < -0.4 is 38.1 Å². The summed E-state index contributed by atoms with van der Waals surface area (Å²) >= 11 is 9.31. The molecule has 10 N–H and O–H groups in total. The Bertz CT molecular complexity index is 3710. The first-order valence-electron chi connectivity index (χ1n) is 28.5. The second-order valence-corrected chi connectivity index (χ2v) is 27.3. The first-order valence-corrected chi connectivity index (χ1v) is 33.8. The number of hydrogen-bond acceptors (Lipinski definition) is 24. The van der Waals surface area contributed by atoms with E-state index in [1.807, 2.05) is 0 Å². The van der Waals surface area contributed by atoms with Crippen molar-refractivity contribution in [3.8, 4) is 0 Å². The molecule has 3 fully saturated rings. The maximum absolute atomic E-state index is 16.7. The molecule has 5 aromatic rings. The highest BCUT2D eigenvalue weighted by Gasteiger charge is 2.54. The van der Waals surface area contributed by atoms with Crippen LogP contribution in [-0.4, -0.2) is 190 Å². The maximum atomic E-state index is 16.7. The van der Waals surface area contributed by atoms with Crippen LogP contribution in [0.2, 0.25) is 0 Å². The van der Waals surface area contributed by atoms with E-state index in [2.05, 4.69) is 68.7 Å². The average molecular weight is 1360 g/mol. The van der Waals surface area contributed by atoms with Crippen molar-refractivity contribution in [3.63, 3.8) is 0 Å². The number of aromatic nitrogens is 8. The Morgan fingerprint density at radius 2 is 1.43 bits per heavy atom. The van der Waals surface area contributed by atoms with Gasteiger partial charge in [0.05, 0.1) is 25.9 Å². The Balaban J connectivity index is 0.738. The summed E-state index contributed by atoms with van der Waals surface area (Å²) in [6, 6.07) is 3.39. The van der Waals surface area contributed by atoms with E-state index in [1.54, 1.807) is 38.1 Å². The van der Waals surface area contributed by atoms with E-state index >= 15 is 8.78 Å². The topological polar surface area (TPSA) is 444 Å². The fraction of sp³-hybridized carbons (Fsp3) is 0.500. The van der Waals surface area contributed by atoms with Gasteiger partial charge in [0, 0.05) is 57.4 Å². The van der Waals surface area contributed by atoms with Gasteiger partial charge >= 0.3 is 25.6 Å². The highest BCUT2D eigenvalue weighted by Crippen LogP contribution is 2.59. The van der Waals surface area contributed by atoms with Gasteiger partial charge in [-0.05, 0) is 61.1 Å². The zero-order valence-corrected chi connectivity index (χ0v) is 52.7. The van der Waals surface area contributed by atoms with Crippen molar-refractivity contribution >= 4 is 125 Å². The largest absolute Gasteiger partial charge is 0.445 e. The van der Waals surface area contributed by atoms with E-state index in [1.165, 1.54) is 22.8 Å². The van der Waals surface area contributed by atoms with Crippen LogP contribution in [0.4, 0.5) is 35.7 Å². The molecule has 0 spiro atoms. The second-order valence-electron chi connectivity index (χ2n) is 21.7. The second kappa shape index (κ2) is 29.9. The number of alkyl halides is 2. The Labute approximate surface area is 531 Å². The monoisotopic (exact) mass is 1360 g/mol. The number of anilines is 3. The van der Waals surface area contributed by atoms with Crippen LogP contribution in [0.15, 0.2) is 61.7 Å². The van der Waals surface area contributed by atoms with Crippen LogP contribution in [0.1, 0.15) is 70.4 Å². The molecule has 4 aromatic heterocycles. The van der Waals surface area contributed by atoms with Crippen LogP contribution in [0.3, 0.4) is 0 Å². The molecular formula is C52H65F2N17O17P2S2. The van der Waals surface area contributed by atoms with Crippen molar-refractivity contribution in [1.29, 1.82) is 0 Å². The number of nitrogen functional groups attached to an aromatic ring is 1. The smallest absolute Gasteiger partial charge is 0.409 e. The van der Waals surface area contributed by atoms with Gasteiger partial charge < -0.3 is 66.6 Å². The molecule has 4 aliphatic heterocycles. The third-order valence-corrected chi connectivity index (χ3v) is 17.9. The fourth-order valence-corrected chi connectivity index (χ4v) is 13.0. The predicted molar refractivity (Wildman–Crippen MR) is 324 cm³/mol. The van der Waals surface area contributed by atoms with Crippen molar-refractivity contribution < 1.29 is 88.9 Å². The number of primary amides is 1. The highest BCUT2D eigenvalue weighted by atomic mass is 32.7. The first-order chi connectivity index (χ1) is 43.8. The Morgan fingerprint density at radius 1 is 0.815 bits per heavy atom. The van der Waals surface area contributed by atoms with Crippen LogP contribution in [0.5, 0.6) is 0 Å². The quantitative estimate of drug-likeness (QED) is 0.0196. The van der Waals surface area contributed by atoms with Crippen LogP contribution in [-0.2, 0) is 84.1 Å². The normalized spacial score (nSPS) is 25.5. The number of benzene rings is 1. The molecule has 0 saturated carbocycles. The van der Waals surface area contributed by atoms with Crippen molar-refractivity contribution in [2.75, 3.05) is 56.3 Å². The number of carbonyl (C=O) groups excluding carboxylic acids is 8. The molecular weight excluding hydrogens is 1300 g/mol. The SMILES string of the molecule is CC(C)[C@H](NC(=O)CCN1C(=O)C=CC1=O)C(=O)N[C@@H](CCCCNC(N)=O)C(=O)Nc1ccc(COC(=O)N(C)CCCC(=O)Nc2ncnc3c2ncn3[C@@H]2O[C@@H]3COP(O)(=S)O[C@H]4[C@@H](F)[C@H](n5cnc6c(N)ncnc65)O[C@@H]4COP(=O)(S)O[C@H]3[C@H]2F)cc1. The minimum absolute atomic E-state index is 0.00411. The predicted octanol–water partition coefficient (Wildman–Crippen LogP) is 2.50. The van der Waals surface area contributed by atoms with Crippen LogP contribution in [0.25, 0.3) is 22.3 Å². The van der Waals surface area contributed by atoms with Crippen molar-refractivity contribution in [3.05, 3.63) is 67.3 Å². The number of hydrogen-bond donors (Lipinski definition) is 9. The molecule has 0 bridgehead atoms. The number of nitrogens with one attached hydrogen (secondary N) is 5. The number of fused-ring (bicyclic) bond motifs is 4.